The highest BCUT2D eigenvalue weighted by molar-refractivity contribution is 5.95. The van der Waals surface area contributed by atoms with Gasteiger partial charge in [0.2, 0.25) is 5.91 Å². The van der Waals surface area contributed by atoms with E-state index in [1.54, 1.807) is 7.11 Å². The number of nitrogens with one attached hydrogen (secondary N) is 2. The summed E-state index contributed by atoms with van der Waals surface area (Å²) in [6.07, 6.45) is 0. The first kappa shape index (κ1) is 15.5. The Balaban J connectivity index is 1.78. The smallest absolute Gasteiger partial charge is 0.243 e. The van der Waals surface area contributed by atoms with Crippen LogP contribution in [0.1, 0.15) is 0 Å². The van der Waals surface area contributed by atoms with Crippen LogP contribution < -0.4 is 15.4 Å². The van der Waals surface area contributed by atoms with Gasteiger partial charge in [-0.2, -0.15) is 0 Å². The zero-order chi connectivity index (χ0) is 16.1. The predicted octanol–water partition coefficient (Wildman–Crippen LogP) is 2.29. The molecule has 2 aromatic rings. The van der Waals surface area contributed by atoms with Gasteiger partial charge in [0.25, 0.3) is 0 Å². The Kier molecular flexibility index (Phi) is 4.90. The average molecular weight is 312 g/mol. The van der Waals surface area contributed by atoms with Gasteiger partial charge in [0.1, 0.15) is 11.8 Å². The number of hydrogen-bond acceptors (Lipinski definition) is 4. The molecule has 1 amide bonds. The van der Waals surface area contributed by atoms with Crippen LogP contribution in [0.25, 0.3) is 11.1 Å². The summed E-state index contributed by atoms with van der Waals surface area (Å²) in [4.78, 5) is 12.3. The van der Waals surface area contributed by atoms with Gasteiger partial charge >= 0.3 is 0 Å². The van der Waals surface area contributed by atoms with E-state index in [1.807, 2.05) is 48.5 Å². The van der Waals surface area contributed by atoms with E-state index in [4.69, 9.17) is 9.47 Å². The fourth-order valence-electron chi connectivity index (χ4n) is 2.61. The highest BCUT2D eigenvalue weighted by atomic mass is 16.5. The van der Waals surface area contributed by atoms with Crippen molar-refractivity contribution >= 4 is 11.6 Å². The van der Waals surface area contributed by atoms with E-state index in [0.717, 1.165) is 22.6 Å². The van der Waals surface area contributed by atoms with Crippen molar-refractivity contribution in [1.82, 2.24) is 5.32 Å². The van der Waals surface area contributed by atoms with Crippen molar-refractivity contribution in [3.8, 4) is 16.9 Å². The van der Waals surface area contributed by atoms with Crippen LogP contribution in [0.15, 0.2) is 48.5 Å². The zero-order valence-electron chi connectivity index (χ0n) is 13.0. The Bertz CT molecular complexity index is 681. The first-order valence-corrected chi connectivity index (χ1v) is 7.63. The van der Waals surface area contributed by atoms with Gasteiger partial charge in [0.05, 0.1) is 20.3 Å². The first-order valence-electron chi connectivity index (χ1n) is 7.63. The van der Waals surface area contributed by atoms with Crippen LogP contribution in [0.3, 0.4) is 0 Å². The summed E-state index contributed by atoms with van der Waals surface area (Å²) >= 11 is 0. The fraction of sp³-hybridized carbons (Fsp3) is 0.278. The lowest BCUT2D eigenvalue weighted by Gasteiger charge is -2.23. The monoisotopic (exact) mass is 312 g/mol. The van der Waals surface area contributed by atoms with Crippen molar-refractivity contribution in [3.63, 3.8) is 0 Å². The molecule has 2 aromatic carbocycles. The molecule has 5 heteroatoms. The molecular formula is C18H20N2O3. The third kappa shape index (κ3) is 3.70. The number of hydrogen-bond donors (Lipinski definition) is 2. The van der Waals surface area contributed by atoms with E-state index in [1.165, 1.54) is 0 Å². The number of para-hydroxylation sites is 1. The lowest BCUT2D eigenvalue weighted by molar-refractivity contribution is -0.120. The van der Waals surface area contributed by atoms with Gasteiger partial charge in [-0.3, -0.25) is 4.79 Å². The fourth-order valence-corrected chi connectivity index (χ4v) is 2.61. The highest BCUT2D eigenvalue weighted by Gasteiger charge is 2.21. The topological polar surface area (TPSA) is 59.6 Å². The second-order valence-electron chi connectivity index (χ2n) is 5.35. The summed E-state index contributed by atoms with van der Waals surface area (Å²) in [7, 11) is 1.65. The predicted molar refractivity (Wildman–Crippen MR) is 89.7 cm³/mol. The van der Waals surface area contributed by atoms with E-state index >= 15 is 0 Å². The van der Waals surface area contributed by atoms with Gasteiger partial charge in [0.15, 0.2) is 0 Å². The van der Waals surface area contributed by atoms with Crippen molar-refractivity contribution in [2.45, 2.75) is 6.04 Å². The molecule has 3 rings (SSSR count). The van der Waals surface area contributed by atoms with Gasteiger partial charge < -0.3 is 20.1 Å². The molecule has 0 aromatic heterocycles. The number of ether oxygens (including phenoxy) is 2. The number of rotatable bonds is 4. The van der Waals surface area contributed by atoms with Crippen molar-refractivity contribution in [3.05, 3.63) is 48.5 Å². The lowest BCUT2D eigenvalue weighted by atomic mass is 10.0. The standard InChI is InChI=1S/C18H20N2O3/c1-22-17-8-3-2-7-15(17)13-5-4-6-14(11-13)20-18(21)16-12-23-10-9-19-16/h2-8,11,16,19H,9-10,12H2,1H3,(H,20,21). The molecule has 1 saturated heterocycles. The van der Waals surface area contributed by atoms with Crippen LogP contribution in [0.4, 0.5) is 5.69 Å². The molecule has 0 spiro atoms. The van der Waals surface area contributed by atoms with Crippen LogP contribution in [0.5, 0.6) is 5.75 Å². The van der Waals surface area contributed by atoms with Gasteiger partial charge in [-0.15, -0.1) is 0 Å². The third-order valence-electron chi connectivity index (χ3n) is 3.79. The second-order valence-corrected chi connectivity index (χ2v) is 5.35. The minimum atomic E-state index is -0.307. The number of anilines is 1. The Morgan fingerprint density at radius 3 is 2.91 bits per heavy atom. The van der Waals surface area contributed by atoms with E-state index in [-0.39, 0.29) is 11.9 Å². The van der Waals surface area contributed by atoms with E-state index in [0.29, 0.717) is 19.8 Å². The molecule has 1 aliphatic heterocycles. The van der Waals surface area contributed by atoms with Gasteiger partial charge in [0, 0.05) is 17.8 Å². The van der Waals surface area contributed by atoms with Gasteiger partial charge in [-0.1, -0.05) is 30.3 Å². The SMILES string of the molecule is COc1ccccc1-c1cccc(NC(=O)C2COCCN2)c1. The molecule has 23 heavy (non-hydrogen) atoms. The van der Waals surface area contributed by atoms with E-state index in [2.05, 4.69) is 10.6 Å². The molecule has 0 saturated carbocycles. The lowest BCUT2D eigenvalue weighted by Crippen LogP contribution is -2.48. The van der Waals surface area contributed by atoms with Crippen molar-refractivity contribution in [1.29, 1.82) is 0 Å². The number of carbonyl (C=O) groups excluding carboxylic acids is 1. The molecule has 1 aliphatic rings. The number of benzene rings is 2. The van der Waals surface area contributed by atoms with Crippen molar-refractivity contribution in [2.24, 2.45) is 0 Å². The molecule has 5 nitrogen and oxygen atoms in total. The Morgan fingerprint density at radius 2 is 2.13 bits per heavy atom. The van der Waals surface area contributed by atoms with E-state index < -0.39 is 0 Å². The molecule has 1 fully saturated rings. The molecule has 1 atom stereocenters. The maximum Gasteiger partial charge on any atom is 0.243 e. The summed E-state index contributed by atoms with van der Waals surface area (Å²) in [5.74, 6) is 0.722. The summed E-state index contributed by atoms with van der Waals surface area (Å²) in [6, 6.07) is 15.2. The normalized spacial score (nSPS) is 17.5. The maximum absolute atomic E-state index is 12.3. The molecule has 1 unspecified atom stereocenters. The molecule has 1 heterocycles. The summed E-state index contributed by atoms with van der Waals surface area (Å²) < 4.78 is 10.7. The van der Waals surface area contributed by atoms with Crippen LogP contribution in [0, 0.1) is 0 Å². The second kappa shape index (κ2) is 7.26. The minimum absolute atomic E-state index is 0.0816. The maximum atomic E-state index is 12.3. The third-order valence-corrected chi connectivity index (χ3v) is 3.79. The minimum Gasteiger partial charge on any atom is -0.496 e. The number of carbonyl (C=O) groups is 1. The van der Waals surface area contributed by atoms with Crippen LogP contribution >= 0.6 is 0 Å². The van der Waals surface area contributed by atoms with Gasteiger partial charge in [-0.05, 0) is 23.8 Å². The molecular weight excluding hydrogens is 292 g/mol. The number of morpholine rings is 1. The largest absolute Gasteiger partial charge is 0.496 e. The summed E-state index contributed by atoms with van der Waals surface area (Å²) in [5.41, 5.74) is 2.74. The molecule has 0 bridgehead atoms. The molecule has 2 N–H and O–H groups in total. The summed E-state index contributed by atoms with van der Waals surface area (Å²) in [6.45, 7) is 1.74. The summed E-state index contributed by atoms with van der Waals surface area (Å²) in [5, 5.41) is 6.08. The number of methoxy groups -OCH3 is 1. The van der Waals surface area contributed by atoms with Crippen molar-refractivity contribution in [2.75, 3.05) is 32.2 Å². The van der Waals surface area contributed by atoms with Crippen molar-refractivity contribution < 1.29 is 14.3 Å². The van der Waals surface area contributed by atoms with Crippen LogP contribution in [-0.2, 0) is 9.53 Å². The molecule has 0 aliphatic carbocycles. The van der Waals surface area contributed by atoms with Gasteiger partial charge in [-0.25, -0.2) is 0 Å². The average Bonchev–Trinajstić information content (AvgIpc) is 2.62. The Labute approximate surface area is 135 Å². The Morgan fingerprint density at radius 1 is 1.26 bits per heavy atom. The molecule has 120 valence electrons. The van der Waals surface area contributed by atoms with Crippen LogP contribution in [0.2, 0.25) is 0 Å². The highest BCUT2D eigenvalue weighted by Crippen LogP contribution is 2.30. The molecule has 0 radical (unpaired) electrons. The zero-order valence-corrected chi connectivity index (χ0v) is 13.0. The first-order chi connectivity index (χ1) is 11.3. The van der Waals surface area contributed by atoms with E-state index in [9.17, 15) is 4.79 Å². The number of amides is 1. The Hall–Kier alpha value is -2.37. The quantitative estimate of drug-likeness (QED) is 0.909. The van der Waals surface area contributed by atoms with Crippen LogP contribution in [-0.4, -0.2) is 38.8 Å².